The summed E-state index contributed by atoms with van der Waals surface area (Å²) in [6, 6.07) is 1.17. The third kappa shape index (κ3) is 3.26. The summed E-state index contributed by atoms with van der Waals surface area (Å²) in [6.45, 7) is 2.38. The van der Waals surface area contributed by atoms with Crippen LogP contribution in [0.4, 0.5) is 0 Å². The normalized spacial score (nSPS) is 9.47. The average Bonchev–Trinajstić information content (AvgIpc) is 2.09. The van der Waals surface area contributed by atoms with Gasteiger partial charge in [-0.1, -0.05) is 0 Å². The number of pyridine rings is 1. The molecule has 0 unspecified atom stereocenters. The molecule has 0 bridgehead atoms. The van der Waals surface area contributed by atoms with Crippen LogP contribution >= 0.6 is 0 Å². The van der Waals surface area contributed by atoms with Crippen molar-refractivity contribution in [3.63, 3.8) is 0 Å². The summed E-state index contributed by atoms with van der Waals surface area (Å²) < 4.78 is 9.28. The number of hydrogen-bond donors (Lipinski definition) is 1. The van der Waals surface area contributed by atoms with Crippen molar-refractivity contribution in [2.75, 3.05) is 0 Å². The van der Waals surface area contributed by atoms with Gasteiger partial charge in [0, 0.05) is 26.1 Å². The van der Waals surface area contributed by atoms with E-state index >= 15 is 0 Å². The van der Waals surface area contributed by atoms with Crippen LogP contribution in [0.15, 0.2) is 17.1 Å². The summed E-state index contributed by atoms with van der Waals surface area (Å²) in [5, 5.41) is 0. The lowest BCUT2D eigenvalue weighted by molar-refractivity contribution is -0.132. The third-order valence-electron chi connectivity index (χ3n) is 1.36. The van der Waals surface area contributed by atoms with E-state index in [1.807, 2.05) is 0 Å². The number of carbonyl (C=O) groups is 2. The van der Waals surface area contributed by atoms with Crippen LogP contribution in [-0.2, 0) is 9.59 Å². The van der Waals surface area contributed by atoms with E-state index in [9.17, 15) is 14.4 Å². The number of rotatable bonds is 2. The first kappa shape index (κ1) is 11.0. The van der Waals surface area contributed by atoms with E-state index in [-0.39, 0.29) is 11.5 Å². The Hall–Kier alpha value is -2.11. The second-order valence-corrected chi connectivity index (χ2v) is 2.72. The Morgan fingerprint density at radius 3 is 2.33 bits per heavy atom. The van der Waals surface area contributed by atoms with E-state index in [2.05, 4.69) is 9.72 Å². The molecule has 0 amide bonds. The molecular weight excluding hydrogens is 202 g/mol. The molecule has 15 heavy (non-hydrogen) atoms. The van der Waals surface area contributed by atoms with Gasteiger partial charge in [-0.2, -0.15) is 0 Å². The van der Waals surface area contributed by atoms with Gasteiger partial charge in [0.15, 0.2) is 11.5 Å². The van der Waals surface area contributed by atoms with Crippen molar-refractivity contribution >= 4 is 11.9 Å². The quantitative estimate of drug-likeness (QED) is 0.707. The molecule has 0 saturated carbocycles. The number of aromatic nitrogens is 1. The molecule has 6 nitrogen and oxygen atoms in total. The van der Waals surface area contributed by atoms with Crippen molar-refractivity contribution in [3.05, 3.63) is 22.6 Å². The minimum absolute atomic E-state index is 0.110. The molecule has 1 aromatic rings. The van der Waals surface area contributed by atoms with Crippen molar-refractivity contribution in [1.82, 2.24) is 4.98 Å². The number of ether oxygens (including phenoxy) is 2. The molecule has 80 valence electrons. The lowest BCUT2D eigenvalue weighted by Gasteiger charge is -2.03. The highest BCUT2D eigenvalue weighted by atomic mass is 16.5. The van der Waals surface area contributed by atoms with Gasteiger partial charge >= 0.3 is 11.9 Å². The van der Waals surface area contributed by atoms with E-state index in [1.165, 1.54) is 19.2 Å². The van der Waals surface area contributed by atoms with Crippen LogP contribution in [0.5, 0.6) is 11.5 Å². The molecule has 6 heteroatoms. The van der Waals surface area contributed by atoms with E-state index in [0.29, 0.717) is 0 Å². The summed E-state index contributed by atoms with van der Waals surface area (Å²) >= 11 is 0. The SMILES string of the molecule is CC(=O)Oc1c[nH]c(=O)c(OC(C)=O)c1. The number of aromatic amines is 1. The average molecular weight is 211 g/mol. The third-order valence-corrected chi connectivity index (χ3v) is 1.36. The maximum atomic E-state index is 11.1. The smallest absolute Gasteiger partial charge is 0.308 e. The van der Waals surface area contributed by atoms with Crippen molar-refractivity contribution < 1.29 is 19.1 Å². The molecule has 1 N–H and O–H groups in total. The molecule has 0 spiro atoms. The number of hydrogen-bond acceptors (Lipinski definition) is 5. The van der Waals surface area contributed by atoms with Gasteiger partial charge in [0.05, 0.1) is 0 Å². The highest BCUT2D eigenvalue weighted by Crippen LogP contribution is 2.13. The van der Waals surface area contributed by atoms with Crippen molar-refractivity contribution in [3.8, 4) is 11.5 Å². The first-order valence-corrected chi connectivity index (χ1v) is 4.08. The predicted molar refractivity (Wildman–Crippen MR) is 49.7 cm³/mol. The summed E-state index contributed by atoms with van der Waals surface area (Å²) in [6.07, 6.45) is 1.21. The van der Waals surface area contributed by atoms with Gasteiger partial charge in [0.2, 0.25) is 0 Å². The topological polar surface area (TPSA) is 85.5 Å². The Morgan fingerprint density at radius 2 is 1.80 bits per heavy atom. The molecule has 0 atom stereocenters. The zero-order valence-electron chi connectivity index (χ0n) is 8.20. The standard InChI is InChI=1S/C9H9NO5/c1-5(11)14-7-3-8(15-6(2)12)9(13)10-4-7/h3-4H,1-2H3,(H,10,13). The van der Waals surface area contributed by atoms with Gasteiger partial charge in [0.1, 0.15) is 0 Å². The Bertz CT molecular complexity index is 448. The molecule has 0 aliphatic heterocycles. The summed E-state index contributed by atoms with van der Waals surface area (Å²) in [5.41, 5.74) is -0.568. The molecule has 0 fully saturated rings. The van der Waals surface area contributed by atoms with E-state index in [4.69, 9.17) is 4.74 Å². The Kier molecular flexibility index (Phi) is 3.22. The number of carbonyl (C=O) groups excluding carboxylic acids is 2. The first-order chi connectivity index (χ1) is 6.99. The van der Waals surface area contributed by atoms with Gasteiger partial charge in [0.25, 0.3) is 5.56 Å². The van der Waals surface area contributed by atoms with Crippen LogP contribution in [0.3, 0.4) is 0 Å². The predicted octanol–water partition coefficient (Wildman–Crippen LogP) is 0.225. The maximum Gasteiger partial charge on any atom is 0.308 e. The van der Waals surface area contributed by atoms with Crippen LogP contribution in [-0.4, -0.2) is 16.9 Å². The fraction of sp³-hybridized carbons (Fsp3) is 0.222. The molecule has 0 saturated heterocycles. The van der Waals surface area contributed by atoms with Crippen LogP contribution in [0.1, 0.15) is 13.8 Å². The zero-order chi connectivity index (χ0) is 11.4. The van der Waals surface area contributed by atoms with Crippen LogP contribution in [0.2, 0.25) is 0 Å². The molecule has 0 radical (unpaired) electrons. The maximum absolute atomic E-state index is 11.1. The van der Waals surface area contributed by atoms with Crippen molar-refractivity contribution in [2.24, 2.45) is 0 Å². The monoisotopic (exact) mass is 211 g/mol. The summed E-state index contributed by atoms with van der Waals surface area (Å²) in [4.78, 5) is 34.6. The molecule has 0 aliphatic rings. The van der Waals surface area contributed by atoms with Crippen LogP contribution < -0.4 is 15.0 Å². The Morgan fingerprint density at radius 1 is 1.20 bits per heavy atom. The molecular formula is C9H9NO5. The van der Waals surface area contributed by atoms with E-state index in [1.54, 1.807) is 0 Å². The molecule has 1 rings (SSSR count). The van der Waals surface area contributed by atoms with Gasteiger partial charge < -0.3 is 14.5 Å². The zero-order valence-corrected chi connectivity index (χ0v) is 8.20. The Balaban J connectivity index is 2.99. The number of esters is 2. The van der Waals surface area contributed by atoms with Gasteiger partial charge in [-0.15, -0.1) is 0 Å². The minimum Gasteiger partial charge on any atom is -0.425 e. The first-order valence-electron chi connectivity index (χ1n) is 4.08. The van der Waals surface area contributed by atoms with Crippen LogP contribution in [0.25, 0.3) is 0 Å². The summed E-state index contributed by atoms with van der Waals surface area (Å²) in [7, 11) is 0. The molecule has 0 aliphatic carbocycles. The number of nitrogens with one attached hydrogen (secondary N) is 1. The van der Waals surface area contributed by atoms with Crippen molar-refractivity contribution in [1.29, 1.82) is 0 Å². The molecule has 0 aromatic carbocycles. The lowest BCUT2D eigenvalue weighted by atomic mass is 10.4. The van der Waals surface area contributed by atoms with Gasteiger partial charge in [-0.25, -0.2) is 0 Å². The highest BCUT2D eigenvalue weighted by molar-refractivity contribution is 5.70. The second-order valence-electron chi connectivity index (χ2n) is 2.72. The summed E-state index contributed by atoms with van der Waals surface area (Å²) in [5.74, 6) is -1.25. The highest BCUT2D eigenvalue weighted by Gasteiger charge is 2.07. The van der Waals surface area contributed by atoms with E-state index in [0.717, 1.165) is 6.92 Å². The van der Waals surface area contributed by atoms with Crippen molar-refractivity contribution in [2.45, 2.75) is 13.8 Å². The van der Waals surface area contributed by atoms with Crippen LogP contribution in [0, 0.1) is 0 Å². The Labute approximate surface area is 84.8 Å². The number of H-pyrrole nitrogens is 1. The second kappa shape index (κ2) is 4.41. The molecule has 1 heterocycles. The minimum atomic E-state index is -0.625. The largest absolute Gasteiger partial charge is 0.425 e. The fourth-order valence-corrected chi connectivity index (χ4v) is 0.900. The lowest BCUT2D eigenvalue weighted by Crippen LogP contribution is -2.14. The van der Waals surface area contributed by atoms with Gasteiger partial charge in [-0.3, -0.25) is 14.4 Å². The molecule has 1 aromatic heterocycles. The van der Waals surface area contributed by atoms with E-state index < -0.39 is 17.5 Å². The fourth-order valence-electron chi connectivity index (χ4n) is 0.900. The van der Waals surface area contributed by atoms with Gasteiger partial charge in [-0.05, 0) is 0 Å².